The summed E-state index contributed by atoms with van der Waals surface area (Å²) in [5.74, 6) is -1.23. The Balaban J connectivity index is 2.68. The van der Waals surface area contributed by atoms with Crippen molar-refractivity contribution < 1.29 is 22.7 Å². The Bertz CT molecular complexity index is 615. The summed E-state index contributed by atoms with van der Waals surface area (Å²) in [7, 11) is -3.59. The first kappa shape index (κ1) is 12.8. The normalized spacial score (nSPS) is 17.1. The van der Waals surface area contributed by atoms with Crippen LogP contribution in [0.4, 0.5) is 0 Å². The van der Waals surface area contributed by atoms with Crippen molar-refractivity contribution in [2.24, 2.45) is 0 Å². The fraction of sp³-hybridized carbons (Fsp3) is 0.333. The quantitative estimate of drug-likeness (QED) is 0.754. The van der Waals surface area contributed by atoms with E-state index in [1.165, 1.54) is 18.2 Å². The Labute approximate surface area is 105 Å². The van der Waals surface area contributed by atoms with Crippen molar-refractivity contribution in [3.8, 4) is 0 Å². The second-order valence-electron chi connectivity index (χ2n) is 3.89. The molecule has 0 spiro atoms. The molecule has 1 aromatic rings. The number of benzene rings is 1. The van der Waals surface area contributed by atoms with Gasteiger partial charge in [-0.1, -0.05) is 12.1 Å². The number of ketones is 1. The SMILES string of the molecule is CCOC(=O)c1cccc2c1S(=O)(=O)CCC2=O. The highest BCUT2D eigenvalue weighted by atomic mass is 32.2. The van der Waals surface area contributed by atoms with Gasteiger partial charge in [0.15, 0.2) is 15.6 Å². The van der Waals surface area contributed by atoms with Crippen molar-refractivity contribution >= 4 is 21.6 Å². The van der Waals surface area contributed by atoms with E-state index in [1.54, 1.807) is 6.92 Å². The minimum atomic E-state index is -3.59. The lowest BCUT2D eigenvalue weighted by atomic mass is 10.0. The molecule has 0 aromatic heterocycles. The van der Waals surface area contributed by atoms with Crippen molar-refractivity contribution in [2.75, 3.05) is 12.4 Å². The lowest BCUT2D eigenvalue weighted by molar-refractivity contribution is 0.0521. The molecule has 1 heterocycles. The number of Topliss-reactive ketones (excluding diaryl/α,β-unsaturated/α-hetero) is 1. The fourth-order valence-corrected chi connectivity index (χ4v) is 3.59. The summed E-state index contributed by atoms with van der Waals surface area (Å²) in [5, 5.41) is 0. The van der Waals surface area contributed by atoms with Crippen molar-refractivity contribution in [2.45, 2.75) is 18.2 Å². The minimum absolute atomic E-state index is 0.0401. The average Bonchev–Trinajstić information content (AvgIpc) is 2.34. The van der Waals surface area contributed by atoms with E-state index in [9.17, 15) is 18.0 Å². The van der Waals surface area contributed by atoms with E-state index < -0.39 is 15.8 Å². The second kappa shape index (κ2) is 4.53. The van der Waals surface area contributed by atoms with Crippen LogP contribution in [0.3, 0.4) is 0 Å². The summed E-state index contributed by atoms with van der Waals surface area (Å²) in [4.78, 5) is 23.2. The largest absolute Gasteiger partial charge is 0.462 e. The maximum absolute atomic E-state index is 12.0. The molecule has 0 fully saturated rings. The highest BCUT2D eigenvalue weighted by Gasteiger charge is 2.33. The molecule has 1 aliphatic rings. The van der Waals surface area contributed by atoms with Gasteiger partial charge in [0.2, 0.25) is 0 Å². The van der Waals surface area contributed by atoms with Crippen molar-refractivity contribution in [1.29, 1.82) is 0 Å². The molecule has 0 aliphatic carbocycles. The maximum Gasteiger partial charge on any atom is 0.339 e. The van der Waals surface area contributed by atoms with E-state index in [0.717, 1.165) is 0 Å². The Hall–Kier alpha value is -1.69. The average molecular weight is 268 g/mol. The number of sulfone groups is 1. The summed E-state index contributed by atoms with van der Waals surface area (Å²) in [6.45, 7) is 1.78. The second-order valence-corrected chi connectivity index (χ2v) is 5.94. The number of fused-ring (bicyclic) bond motifs is 1. The standard InChI is InChI=1S/C12H12O5S/c1-2-17-12(14)9-5-3-4-8-10(13)6-7-18(15,16)11(8)9/h3-5H,2,6-7H2,1H3. The summed E-state index contributed by atoms with van der Waals surface area (Å²) >= 11 is 0. The molecule has 5 nitrogen and oxygen atoms in total. The molecule has 0 radical (unpaired) electrons. The summed E-state index contributed by atoms with van der Waals surface area (Å²) in [6.07, 6.45) is -0.0401. The fourth-order valence-electron chi connectivity index (χ4n) is 1.93. The Kier molecular flexibility index (Phi) is 3.21. The van der Waals surface area contributed by atoms with Crippen LogP contribution < -0.4 is 0 Å². The van der Waals surface area contributed by atoms with Gasteiger partial charge in [0, 0.05) is 12.0 Å². The predicted molar refractivity (Wildman–Crippen MR) is 63.4 cm³/mol. The zero-order valence-electron chi connectivity index (χ0n) is 9.80. The van der Waals surface area contributed by atoms with Crippen LogP contribution in [0.15, 0.2) is 23.1 Å². The van der Waals surface area contributed by atoms with Gasteiger partial charge < -0.3 is 4.74 Å². The zero-order valence-corrected chi connectivity index (χ0v) is 10.6. The zero-order chi connectivity index (χ0) is 13.3. The molecular formula is C12H12O5S. The van der Waals surface area contributed by atoms with E-state index >= 15 is 0 Å². The van der Waals surface area contributed by atoms with Gasteiger partial charge in [0.1, 0.15) is 0 Å². The monoisotopic (exact) mass is 268 g/mol. The van der Waals surface area contributed by atoms with Gasteiger partial charge in [-0.15, -0.1) is 0 Å². The molecule has 18 heavy (non-hydrogen) atoms. The first-order chi connectivity index (χ1) is 8.47. The van der Waals surface area contributed by atoms with Gasteiger partial charge in [0.05, 0.1) is 22.8 Å². The van der Waals surface area contributed by atoms with Crippen LogP contribution in [0.25, 0.3) is 0 Å². The Morgan fingerprint density at radius 1 is 1.39 bits per heavy atom. The number of hydrogen-bond donors (Lipinski definition) is 0. The van der Waals surface area contributed by atoms with Crippen molar-refractivity contribution in [3.05, 3.63) is 29.3 Å². The number of esters is 1. The number of ether oxygens (including phenoxy) is 1. The molecular weight excluding hydrogens is 256 g/mol. The molecule has 2 rings (SSSR count). The molecule has 0 unspecified atom stereocenters. The van der Waals surface area contributed by atoms with Crippen molar-refractivity contribution in [3.63, 3.8) is 0 Å². The third-order valence-electron chi connectivity index (χ3n) is 2.72. The number of hydrogen-bond acceptors (Lipinski definition) is 5. The van der Waals surface area contributed by atoms with Crippen LogP contribution in [-0.4, -0.2) is 32.5 Å². The third-order valence-corrected chi connectivity index (χ3v) is 4.52. The van der Waals surface area contributed by atoms with E-state index in [-0.39, 0.29) is 40.6 Å². The van der Waals surface area contributed by atoms with E-state index in [1.807, 2.05) is 0 Å². The van der Waals surface area contributed by atoms with Crippen LogP contribution in [0.5, 0.6) is 0 Å². The lowest BCUT2D eigenvalue weighted by Gasteiger charge is -2.17. The van der Waals surface area contributed by atoms with Gasteiger partial charge >= 0.3 is 5.97 Å². The van der Waals surface area contributed by atoms with Gasteiger partial charge in [0.25, 0.3) is 0 Å². The highest BCUT2D eigenvalue weighted by molar-refractivity contribution is 7.91. The van der Waals surface area contributed by atoms with E-state index in [4.69, 9.17) is 4.74 Å². The van der Waals surface area contributed by atoms with Gasteiger partial charge in [-0.2, -0.15) is 0 Å². The van der Waals surface area contributed by atoms with Crippen LogP contribution in [-0.2, 0) is 14.6 Å². The van der Waals surface area contributed by atoms with Gasteiger partial charge in [-0.3, -0.25) is 4.79 Å². The molecule has 0 bridgehead atoms. The Morgan fingerprint density at radius 2 is 2.11 bits per heavy atom. The third kappa shape index (κ3) is 2.03. The predicted octanol–water partition coefficient (Wildman–Crippen LogP) is 1.22. The Morgan fingerprint density at radius 3 is 2.78 bits per heavy atom. The molecule has 1 aromatic carbocycles. The van der Waals surface area contributed by atoms with Crippen molar-refractivity contribution in [1.82, 2.24) is 0 Å². The first-order valence-corrected chi connectivity index (χ1v) is 7.18. The van der Waals surface area contributed by atoms with Gasteiger partial charge in [-0.25, -0.2) is 13.2 Å². The minimum Gasteiger partial charge on any atom is -0.462 e. The summed E-state index contributed by atoms with van der Waals surface area (Å²) < 4.78 is 28.8. The summed E-state index contributed by atoms with van der Waals surface area (Å²) in [5.41, 5.74) is 0.0363. The molecule has 6 heteroatoms. The topological polar surface area (TPSA) is 77.5 Å². The lowest BCUT2D eigenvalue weighted by Crippen LogP contribution is -2.24. The van der Waals surface area contributed by atoms with E-state index in [0.29, 0.717) is 0 Å². The molecule has 0 saturated heterocycles. The first-order valence-electron chi connectivity index (χ1n) is 5.53. The summed E-state index contributed by atoms with van der Waals surface area (Å²) in [6, 6.07) is 4.29. The number of rotatable bonds is 2. The van der Waals surface area contributed by atoms with Crippen LogP contribution >= 0.6 is 0 Å². The maximum atomic E-state index is 12.0. The molecule has 1 aliphatic heterocycles. The molecule has 96 valence electrons. The smallest absolute Gasteiger partial charge is 0.339 e. The molecule has 0 amide bonds. The van der Waals surface area contributed by atoms with Crippen LogP contribution in [0, 0.1) is 0 Å². The van der Waals surface area contributed by atoms with Gasteiger partial charge in [-0.05, 0) is 13.0 Å². The number of carbonyl (C=O) groups excluding carboxylic acids is 2. The van der Waals surface area contributed by atoms with Crippen LogP contribution in [0.2, 0.25) is 0 Å². The molecule has 0 N–H and O–H groups in total. The van der Waals surface area contributed by atoms with Crippen LogP contribution in [0.1, 0.15) is 34.1 Å². The molecule has 0 saturated carbocycles. The van der Waals surface area contributed by atoms with E-state index in [2.05, 4.69) is 0 Å². The number of carbonyl (C=O) groups is 2. The molecule has 0 atom stereocenters. The highest BCUT2D eigenvalue weighted by Crippen LogP contribution is 2.28.